The maximum absolute atomic E-state index is 5.78. The summed E-state index contributed by atoms with van der Waals surface area (Å²) < 4.78 is 10.9. The van der Waals surface area contributed by atoms with Crippen molar-refractivity contribution in [3.05, 3.63) is 46.5 Å². The Morgan fingerprint density at radius 2 is 1.60 bits per heavy atom. The first-order valence-corrected chi connectivity index (χ1v) is 11.2. The first-order valence-electron chi connectivity index (χ1n) is 7.82. The largest absolute Gasteiger partial charge is 2.00 e. The van der Waals surface area contributed by atoms with Gasteiger partial charge in [0.2, 0.25) is 8.32 Å². The van der Waals surface area contributed by atoms with Gasteiger partial charge in [0.25, 0.3) is 0 Å². The maximum Gasteiger partial charge on any atom is 2.00 e. The number of ether oxygens (including phenoxy) is 1. The predicted octanol–water partition coefficient (Wildman–Crippen LogP) is 6.41. The fraction of sp³-hybridized carbons (Fsp3) is 0.579. The minimum atomic E-state index is -1.49. The van der Waals surface area contributed by atoms with E-state index in [-0.39, 0.29) is 56.4 Å². The van der Waals surface area contributed by atoms with Gasteiger partial charge in [-0.05, 0) is 31.2 Å². The molecule has 0 bridgehead atoms. The van der Waals surface area contributed by atoms with Crippen molar-refractivity contribution in [3.63, 3.8) is 0 Å². The van der Waals surface area contributed by atoms with Crippen LogP contribution in [0.1, 0.15) is 41.0 Å². The first kappa shape index (κ1) is 30.0. The van der Waals surface area contributed by atoms with Crippen LogP contribution in [0.5, 0.6) is 0 Å². The van der Waals surface area contributed by atoms with Gasteiger partial charge in [-0.1, -0.05) is 33.1 Å². The van der Waals surface area contributed by atoms with Crippen molar-refractivity contribution in [3.8, 4) is 0 Å². The summed E-state index contributed by atoms with van der Waals surface area (Å²) in [6.45, 7) is 17.4. The summed E-state index contributed by atoms with van der Waals surface area (Å²) >= 11 is 0. The van der Waals surface area contributed by atoms with E-state index < -0.39 is 8.32 Å². The summed E-state index contributed by atoms with van der Waals surface area (Å²) in [6, 6.07) is 0. The minimum Gasteiger partial charge on any atom is -0.629 e. The normalized spacial score (nSPS) is 17.6. The van der Waals surface area contributed by atoms with E-state index >= 15 is 0 Å². The van der Waals surface area contributed by atoms with Gasteiger partial charge in [0.05, 0.1) is 7.11 Å². The molecular formula is C19H32Cl2O2SiZr. The van der Waals surface area contributed by atoms with Gasteiger partial charge in [0, 0.05) is 0 Å². The molecule has 0 aromatic carbocycles. The van der Waals surface area contributed by atoms with Gasteiger partial charge in [0.1, 0.15) is 0 Å². The fourth-order valence-corrected chi connectivity index (χ4v) is 3.25. The molecule has 0 aliphatic heterocycles. The summed E-state index contributed by atoms with van der Waals surface area (Å²) in [5.41, 5.74) is 4.39. The molecule has 0 saturated heterocycles. The molecular weight excluding hydrogens is 450 g/mol. The van der Waals surface area contributed by atoms with E-state index in [0.29, 0.717) is 0 Å². The average Bonchev–Trinajstić information content (AvgIpc) is 2.87. The first-order chi connectivity index (χ1) is 9.98. The molecule has 0 fully saturated rings. The van der Waals surface area contributed by atoms with E-state index in [1.807, 2.05) is 6.08 Å². The van der Waals surface area contributed by atoms with Crippen LogP contribution in [0.2, 0.25) is 19.6 Å². The van der Waals surface area contributed by atoms with Crippen LogP contribution >= 0.6 is 24.8 Å². The Morgan fingerprint density at radius 3 is 1.88 bits per heavy atom. The monoisotopic (exact) mass is 480 g/mol. The van der Waals surface area contributed by atoms with Crippen molar-refractivity contribution in [2.75, 3.05) is 7.11 Å². The molecule has 0 saturated carbocycles. The molecule has 6 heteroatoms. The number of methoxy groups -OCH3 is 1. The number of allylic oxidation sites excluding steroid dienone is 6. The molecule has 25 heavy (non-hydrogen) atoms. The smallest absolute Gasteiger partial charge is 0.629 e. The second-order valence-corrected chi connectivity index (χ2v) is 11.8. The van der Waals surface area contributed by atoms with Crippen LogP contribution in [0.25, 0.3) is 0 Å². The topological polar surface area (TPSA) is 18.5 Å². The van der Waals surface area contributed by atoms with E-state index in [1.165, 1.54) is 16.7 Å². The zero-order valence-corrected chi connectivity index (χ0v) is 22.0. The van der Waals surface area contributed by atoms with Crippen molar-refractivity contribution in [1.82, 2.24) is 0 Å². The van der Waals surface area contributed by atoms with Gasteiger partial charge >= 0.3 is 26.2 Å². The molecule has 0 unspecified atom stereocenters. The van der Waals surface area contributed by atoms with Crippen molar-refractivity contribution >= 4 is 33.1 Å². The number of hydrogen-bond acceptors (Lipinski definition) is 2. The zero-order chi connectivity index (χ0) is 17.1. The molecule has 2 rings (SSSR count). The molecule has 0 radical (unpaired) electrons. The van der Waals surface area contributed by atoms with E-state index in [9.17, 15) is 0 Å². The van der Waals surface area contributed by atoms with Crippen LogP contribution in [-0.4, -0.2) is 15.4 Å². The molecule has 2 aliphatic carbocycles. The van der Waals surface area contributed by atoms with Gasteiger partial charge < -0.3 is 9.16 Å². The van der Waals surface area contributed by atoms with Gasteiger partial charge in [0.15, 0.2) is 0 Å². The van der Waals surface area contributed by atoms with Crippen molar-refractivity contribution in [2.24, 2.45) is 5.41 Å². The van der Waals surface area contributed by atoms with Gasteiger partial charge in [-0.25, -0.2) is 11.6 Å². The van der Waals surface area contributed by atoms with Crippen LogP contribution in [0, 0.1) is 17.6 Å². The third-order valence-electron chi connectivity index (χ3n) is 3.96. The zero-order valence-electron chi connectivity index (χ0n) is 16.9. The SMILES string of the molecule is CC1=[C-]C(C)(C)C(C)=C1C.COC1=[C-]CC=C1O[Si](C)(C)C.Cl.Cl.[Zr+2]. The number of hydrogen-bond donors (Lipinski definition) is 0. The Bertz CT molecular complexity index is 556. The summed E-state index contributed by atoms with van der Waals surface area (Å²) in [6.07, 6.45) is 9.33. The van der Waals surface area contributed by atoms with Crippen molar-refractivity contribution < 1.29 is 35.4 Å². The minimum absolute atomic E-state index is 0. The van der Waals surface area contributed by atoms with E-state index in [4.69, 9.17) is 9.16 Å². The molecule has 142 valence electrons. The summed E-state index contributed by atoms with van der Waals surface area (Å²) in [5.74, 6) is 1.63. The van der Waals surface area contributed by atoms with Gasteiger partial charge in [-0.2, -0.15) is 11.1 Å². The summed E-state index contributed by atoms with van der Waals surface area (Å²) in [7, 11) is 0.158. The molecule has 0 amide bonds. The Morgan fingerprint density at radius 1 is 1.08 bits per heavy atom. The number of halogens is 2. The van der Waals surface area contributed by atoms with Crippen LogP contribution in [-0.2, 0) is 35.4 Å². The maximum atomic E-state index is 5.78. The van der Waals surface area contributed by atoms with Crippen LogP contribution < -0.4 is 0 Å². The Hall–Kier alpha value is 0.240. The molecule has 0 aromatic rings. The van der Waals surface area contributed by atoms with Crippen LogP contribution in [0.4, 0.5) is 0 Å². The second kappa shape index (κ2) is 11.8. The molecule has 0 heterocycles. The molecule has 2 aliphatic rings. The molecule has 0 atom stereocenters. The van der Waals surface area contributed by atoms with E-state index in [1.54, 1.807) is 7.11 Å². The van der Waals surface area contributed by atoms with Crippen LogP contribution in [0.3, 0.4) is 0 Å². The number of rotatable bonds is 3. The van der Waals surface area contributed by atoms with Gasteiger partial charge in [-0.15, -0.1) is 44.2 Å². The summed E-state index contributed by atoms with van der Waals surface area (Å²) in [5, 5.41) is 0. The third kappa shape index (κ3) is 9.13. The average molecular weight is 483 g/mol. The predicted molar refractivity (Wildman–Crippen MR) is 110 cm³/mol. The standard InChI is InChI=1S/C10H15.C9H15O2Si.2ClH.Zr/c1-7-6-10(4,5)9(3)8(7)2;1-10-8-6-5-7-9(8)11-12(2,3)4;;;/h1-5H3;7H,5H2,1-4H3;2*1H;/q2*-1;;;+2. The second-order valence-electron chi connectivity index (χ2n) is 7.32. The van der Waals surface area contributed by atoms with Crippen molar-refractivity contribution in [1.29, 1.82) is 0 Å². The molecule has 2 nitrogen and oxygen atoms in total. The Kier molecular flexibility index (Phi) is 14.2. The third-order valence-corrected chi connectivity index (χ3v) is 4.79. The quantitative estimate of drug-likeness (QED) is 0.342. The molecule has 0 spiro atoms. The summed E-state index contributed by atoms with van der Waals surface area (Å²) in [4.78, 5) is 0. The van der Waals surface area contributed by atoms with Crippen molar-refractivity contribution in [2.45, 2.75) is 60.7 Å². The Balaban J connectivity index is -0.000000350. The Labute approximate surface area is 187 Å². The van der Waals surface area contributed by atoms with Gasteiger partial charge in [-0.3, -0.25) is 6.08 Å². The fourth-order valence-electron chi connectivity index (χ4n) is 2.41. The van der Waals surface area contributed by atoms with E-state index in [0.717, 1.165) is 17.9 Å². The van der Waals surface area contributed by atoms with Crippen LogP contribution in [0.15, 0.2) is 34.3 Å². The molecule has 0 N–H and O–H groups in total. The van der Waals surface area contributed by atoms with E-state index in [2.05, 4.69) is 66.4 Å². The molecule has 0 aromatic heterocycles.